The average molecular weight is 325 g/mol. The van der Waals surface area contributed by atoms with E-state index >= 15 is 0 Å². The van der Waals surface area contributed by atoms with Crippen molar-refractivity contribution in [1.82, 2.24) is 10.2 Å². The molecule has 1 heterocycles. The Morgan fingerprint density at radius 2 is 1.35 bits per heavy atom. The van der Waals surface area contributed by atoms with E-state index in [1.54, 1.807) is 6.92 Å². The third-order valence-corrected chi connectivity index (χ3v) is 4.87. The summed E-state index contributed by atoms with van der Waals surface area (Å²) < 4.78 is 0. The van der Waals surface area contributed by atoms with Crippen molar-refractivity contribution in [3.63, 3.8) is 0 Å². The maximum Gasteiger partial charge on any atom is 0.225 e. The Morgan fingerprint density at radius 3 is 1.74 bits per heavy atom. The second-order valence-electron chi connectivity index (χ2n) is 6.05. The lowest BCUT2D eigenvalue weighted by Crippen LogP contribution is -2.46. The van der Waals surface area contributed by atoms with E-state index in [1.807, 2.05) is 25.8 Å². The van der Waals surface area contributed by atoms with Gasteiger partial charge in [0.2, 0.25) is 5.91 Å². The van der Waals surface area contributed by atoms with Crippen LogP contribution >= 0.6 is 0 Å². The average Bonchev–Trinajstić information content (AvgIpc) is 2.64. The molecule has 1 aliphatic heterocycles. The van der Waals surface area contributed by atoms with E-state index in [4.69, 9.17) is 0 Å². The standard InChI is InChI=1S/C15H26N2O2.C2H6.C2H4/c1-11(18)12-3-5-13(6-4-12)15(19)17-9-7-14(16-2)8-10-17;2*1-2/h12-14,16H,3-10H2,1-2H3;1-2H3;1-2H2. The number of hydrogen-bond donors (Lipinski definition) is 1. The molecule has 0 atom stereocenters. The molecule has 2 rings (SSSR count). The fourth-order valence-corrected chi connectivity index (χ4v) is 3.39. The summed E-state index contributed by atoms with van der Waals surface area (Å²) >= 11 is 0. The third kappa shape index (κ3) is 6.86. The highest BCUT2D eigenvalue weighted by molar-refractivity contribution is 5.81. The maximum absolute atomic E-state index is 12.4. The van der Waals surface area contributed by atoms with Gasteiger partial charge in [0.15, 0.2) is 0 Å². The van der Waals surface area contributed by atoms with Crippen molar-refractivity contribution in [2.75, 3.05) is 20.1 Å². The first-order chi connectivity index (χ1) is 11.1. The summed E-state index contributed by atoms with van der Waals surface area (Å²) in [6, 6.07) is 0.567. The smallest absolute Gasteiger partial charge is 0.225 e. The quantitative estimate of drug-likeness (QED) is 0.809. The predicted molar refractivity (Wildman–Crippen MR) is 97.4 cm³/mol. The van der Waals surface area contributed by atoms with Crippen LogP contribution in [0, 0.1) is 11.8 Å². The largest absolute Gasteiger partial charge is 0.342 e. The zero-order valence-electron chi connectivity index (χ0n) is 15.6. The van der Waals surface area contributed by atoms with Gasteiger partial charge in [-0.1, -0.05) is 13.8 Å². The Morgan fingerprint density at radius 1 is 0.913 bits per heavy atom. The first-order valence-corrected chi connectivity index (χ1v) is 9.08. The van der Waals surface area contributed by atoms with Gasteiger partial charge in [-0.3, -0.25) is 9.59 Å². The molecule has 1 amide bonds. The van der Waals surface area contributed by atoms with Crippen LogP contribution in [0.15, 0.2) is 13.2 Å². The van der Waals surface area contributed by atoms with Crippen LogP contribution in [0.2, 0.25) is 0 Å². The van der Waals surface area contributed by atoms with Crippen LogP contribution in [0.25, 0.3) is 0 Å². The Kier molecular flexibility index (Phi) is 11.7. The number of piperidine rings is 1. The summed E-state index contributed by atoms with van der Waals surface area (Å²) in [7, 11) is 1.99. The highest BCUT2D eigenvalue weighted by Crippen LogP contribution is 2.31. The number of Topliss-reactive ketones (excluding diaryl/α,β-unsaturated/α-hetero) is 1. The molecule has 2 fully saturated rings. The molecule has 1 aliphatic carbocycles. The van der Waals surface area contributed by atoms with Crippen LogP contribution in [0.5, 0.6) is 0 Å². The molecule has 0 spiro atoms. The number of hydrogen-bond acceptors (Lipinski definition) is 3. The first-order valence-electron chi connectivity index (χ1n) is 9.08. The van der Waals surface area contributed by atoms with Gasteiger partial charge in [-0.2, -0.15) is 0 Å². The number of nitrogens with zero attached hydrogens (tertiary/aromatic N) is 1. The van der Waals surface area contributed by atoms with Crippen LogP contribution in [-0.2, 0) is 9.59 Å². The lowest BCUT2D eigenvalue weighted by Gasteiger charge is -2.36. The van der Waals surface area contributed by atoms with E-state index in [0.29, 0.717) is 17.7 Å². The summed E-state index contributed by atoms with van der Waals surface area (Å²) in [5.41, 5.74) is 0. The number of carbonyl (C=O) groups excluding carboxylic acids is 2. The van der Waals surface area contributed by atoms with Crippen molar-refractivity contribution in [3.05, 3.63) is 13.2 Å². The van der Waals surface area contributed by atoms with Gasteiger partial charge in [-0.15, -0.1) is 13.2 Å². The third-order valence-electron chi connectivity index (χ3n) is 4.87. The van der Waals surface area contributed by atoms with Gasteiger partial charge in [0.1, 0.15) is 5.78 Å². The molecular weight excluding hydrogens is 288 g/mol. The van der Waals surface area contributed by atoms with Gasteiger partial charge in [-0.25, -0.2) is 0 Å². The molecule has 0 aromatic rings. The summed E-state index contributed by atoms with van der Waals surface area (Å²) in [5, 5.41) is 3.29. The Bertz CT molecular complexity index is 341. The first kappa shape index (κ1) is 21.8. The van der Waals surface area contributed by atoms with E-state index in [1.165, 1.54) is 0 Å². The van der Waals surface area contributed by atoms with Crippen LogP contribution in [0.3, 0.4) is 0 Å². The molecule has 0 bridgehead atoms. The van der Waals surface area contributed by atoms with Gasteiger partial charge in [-0.05, 0) is 52.5 Å². The molecule has 0 aromatic carbocycles. The zero-order valence-corrected chi connectivity index (χ0v) is 15.6. The van der Waals surface area contributed by atoms with E-state index in [-0.39, 0.29) is 11.8 Å². The molecule has 4 nitrogen and oxygen atoms in total. The van der Waals surface area contributed by atoms with E-state index in [2.05, 4.69) is 18.5 Å². The van der Waals surface area contributed by atoms with Crippen molar-refractivity contribution in [2.45, 2.75) is 65.3 Å². The molecule has 0 radical (unpaired) electrons. The Labute approximate surface area is 142 Å². The molecule has 1 N–H and O–H groups in total. The van der Waals surface area contributed by atoms with Crippen molar-refractivity contribution >= 4 is 11.7 Å². The summed E-state index contributed by atoms with van der Waals surface area (Å²) in [4.78, 5) is 25.8. The van der Waals surface area contributed by atoms with Crippen molar-refractivity contribution in [2.24, 2.45) is 11.8 Å². The lowest BCUT2D eigenvalue weighted by molar-refractivity contribution is -0.139. The molecule has 0 unspecified atom stereocenters. The van der Waals surface area contributed by atoms with Crippen molar-refractivity contribution in [3.8, 4) is 0 Å². The Balaban J connectivity index is 0.00000112. The van der Waals surface area contributed by atoms with Crippen LogP contribution in [0.1, 0.15) is 59.3 Å². The molecule has 4 heteroatoms. The minimum absolute atomic E-state index is 0.168. The number of carbonyl (C=O) groups is 2. The maximum atomic E-state index is 12.4. The van der Waals surface area contributed by atoms with Gasteiger partial charge in [0.05, 0.1) is 0 Å². The molecular formula is C19H36N2O2. The van der Waals surface area contributed by atoms with E-state index in [0.717, 1.165) is 51.6 Å². The number of rotatable bonds is 3. The van der Waals surface area contributed by atoms with Crippen molar-refractivity contribution < 1.29 is 9.59 Å². The molecule has 1 saturated heterocycles. The zero-order chi connectivity index (χ0) is 17.8. The SMILES string of the molecule is C=C.CC.CNC1CCN(C(=O)C2CCC(C(C)=O)CC2)CC1. The van der Waals surface area contributed by atoms with Crippen LogP contribution in [-0.4, -0.2) is 42.8 Å². The van der Waals surface area contributed by atoms with Crippen molar-refractivity contribution in [1.29, 1.82) is 0 Å². The van der Waals surface area contributed by atoms with Gasteiger partial charge in [0, 0.05) is 31.0 Å². The molecule has 0 aromatic heterocycles. The van der Waals surface area contributed by atoms with Gasteiger partial charge in [0.25, 0.3) is 0 Å². The molecule has 134 valence electrons. The highest BCUT2D eigenvalue weighted by Gasteiger charge is 2.32. The topological polar surface area (TPSA) is 49.4 Å². The van der Waals surface area contributed by atoms with Crippen LogP contribution in [0.4, 0.5) is 0 Å². The highest BCUT2D eigenvalue weighted by atomic mass is 16.2. The lowest BCUT2D eigenvalue weighted by atomic mass is 9.79. The van der Waals surface area contributed by atoms with E-state index in [9.17, 15) is 9.59 Å². The fourth-order valence-electron chi connectivity index (χ4n) is 3.39. The van der Waals surface area contributed by atoms with Crippen LogP contribution < -0.4 is 5.32 Å². The second-order valence-corrected chi connectivity index (χ2v) is 6.05. The minimum atomic E-state index is 0.168. The predicted octanol–water partition coefficient (Wildman–Crippen LogP) is 3.42. The number of amides is 1. The summed E-state index contributed by atoms with van der Waals surface area (Å²) in [6.45, 7) is 13.4. The minimum Gasteiger partial charge on any atom is -0.342 e. The van der Waals surface area contributed by atoms with E-state index < -0.39 is 0 Å². The molecule has 23 heavy (non-hydrogen) atoms. The second kappa shape index (κ2) is 12.3. The molecule has 2 aliphatic rings. The monoisotopic (exact) mass is 324 g/mol. The molecule has 1 saturated carbocycles. The number of nitrogens with one attached hydrogen (secondary N) is 1. The van der Waals surface area contributed by atoms with Gasteiger partial charge < -0.3 is 10.2 Å². The summed E-state index contributed by atoms with van der Waals surface area (Å²) in [5.74, 6) is 0.998. The van der Waals surface area contributed by atoms with Gasteiger partial charge >= 0.3 is 0 Å². The normalized spacial score (nSPS) is 24.6. The summed E-state index contributed by atoms with van der Waals surface area (Å²) in [6.07, 6.45) is 5.72. The number of likely N-dealkylation sites (tertiary alicyclic amines) is 1. The number of ketones is 1. The Hall–Kier alpha value is -1.16. The fraction of sp³-hybridized carbons (Fsp3) is 0.789.